The van der Waals surface area contributed by atoms with E-state index in [1.54, 1.807) is 17.4 Å². The SMILES string of the molecule is COC(=O)N[C@H](C(=O)NN(CC[C@@](N)(Cc1ccccc1)C(=O)N[C@H]1c2ccccc2C[C@H]1O)Cc1ccc(-c2cccnc2)cc1)C(C)(C)C. The summed E-state index contributed by atoms with van der Waals surface area (Å²) in [5.74, 6) is -0.847. The molecule has 11 heteroatoms. The molecule has 51 heavy (non-hydrogen) atoms. The first-order valence-corrected chi connectivity index (χ1v) is 17.2. The highest BCUT2D eigenvalue weighted by atomic mass is 16.5. The number of fused-ring (bicyclic) bond motifs is 1. The average molecular weight is 693 g/mol. The number of benzene rings is 3. The first kappa shape index (κ1) is 37.2. The van der Waals surface area contributed by atoms with E-state index in [0.29, 0.717) is 6.42 Å². The number of hydrogen-bond acceptors (Lipinski definition) is 8. The molecule has 1 aliphatic rings. The van der Waals surface area contributed by atoms with Crippen LogP contribution in [-0.4, -0.2) is 64.3 Å². The number of carbonyl (C=O) groups excluding carboxylic acids is 3. The normalized spacial score (nSPS) is 17.2. The Hall–Kier alpha value is -5.10. The van der Waals surface area contributed by atoms with Gasteiger partial charge in [-0.25, -0.2) is 9.80 Å². The van der Waals surface area contributed by atoms with Crippen molar-refractivity contribution in [2.45, 2.75) is 70.3 Å². The van der Waals surface area contributed by atoms with E-state index in [2.05, 4.69) is 21.0 Å². The highest BCUT2D eigenvalue weighted by molar-refractivity contribution is 5.87. The molecule has 1 heterocycles. The van der Waals surface area contributed by atoms with Crippen molar-refractivity contribution in [2.75, 3.05) is 13.7 Å². The molecule has 11 nitrogen and oxygen atoms in total. The molecule has 6 N–H and O–H groups in total. The topological polar surface area (TPSA) is 159 Å². The largest absolute Gasteiger partial charge is 0.453 e. The number of hydrazine groups is 1. The maximum atomic E-state index is 14.2. The van der Waals surface area contributed by atoms with Crippen molar-refractivity contribution in [1.82, 2.24) is 26.1 Å². The van der Waals surface area contributed by atoms with Gasteiger partial charge in [0.25, 0.3) is 5.91 Å². The third-order valence-corrected chi connectivity index (χ3v) is 9.30. The highest BCUT2D eigenvalue weighted by Gasteiger charge is 2.40. The third kappa shape index (κ3) is 9.57. The van der Waals surface area contributed by atoms with E-state index in [0.717, 1.165) is 33.4 Å². The Morgan fingerprint density at radius 2 is 1.65 bits per heavy atom. The lowest BCUT2D eigenvalue weighted by molar-refractivity contribution is -0.131. The van der Waals surface area contributed by atoms with E-state index in [9.17, 15) is 19.5 Å². The van der Waals surface area contributed by atoms with Gasteiger partial charge in [-0.1, -0.05) is 106 Å². The molecule has 268 valence electrons. The van der Waals surface area contributed by atoms with Crippen LogP contribution in [0.4, 0.5) is 4.79 Å². The van der Waals surface area contributed by atoms with Gasteiger partial charge in [0, 0.05) is 31.9 Å². The van der Waals surface area contributed by atoms with Gasteiger partial charge in [0.15, 0.2) is 0 Å². The number of ether oxygens (including phenoxy) is 1. The summed E-state index contributed by atoms with van der Waals surface area (Å²) in [7, 11) is 1.25. The Morgan fingerprint density at radius 3 is 2.31 bits per heavy atom. The van der Waals surface area contributed by atoms with Crippen LogP contribution in [0.1, 0.15) is 55.5 Å². The smallest absolute Gasteiger partial charge is 0.407 e. The molecule has 0 saturated carbocycles. The molecule has 0 unspecified atom stereocenters. The number of rotatable bonds is 13. The Labute approximate surface area is 299 Å². The standard InChI is InChI=1S/C40H48N6O5/c1-39(2,3)35(44-38(50)51-4)36(48)45-46(26-28-16-18-29(19-17-28)31-14-10-21-42-25-31)22-20-40(41,24-27-11-6-5-7-12-27)37(49)43-34-32-15-9-8-13-30(32)23-33(34)47/h5-19,21,25,33-35,47H,20,22-24,26,41H2,1-4H3,(H,43,49)(H,44,50)(H,45,48)/t33-,34+,35-,40-/m1/s1. The first-order chi connectivity index (χ1) is 24.4. The Kier molecular flexibility index (Phi) is 11.9. The van der Waals surface area contributed by atoms with Gasteiger partial charge in [0.1, 0.15) is 11.6 Å². The van der Waals surface area contributed by atoms with E-state index < -0.39 is 47.0 Å². The van der Waals surface area contributed by atoms with Crippen LogP contribution < -0.4 is 21.8 Å². The maximum absolute atomic E-state index is 14.2. The van der Waals surface area contributed by atoms with Crippen molar-refractivity contribution in [2.24, 2.45) is 11.1 Å². The molecule has 4 aromatic rings. The van der Waals surface area contributed by atoms with Gasteiger partial charge in [-0.2, -0.15) is 0 Å². The lowest BCUT2D eigenvalue weighted by Gasteiger charge is -2.35. The summed E-state index contributed by atoms with van der Waals surface area (Å²) in [5.41, 5.74) is 13.6. The summed E-state index contributed by atoms with van der Waals surface area (Å²) in [6, 6.07) is 27.5. The minimum absolute atomic E-state index is 0.150. The van der Waals surface area contributed by atoms with Gasteiger partial charge in [-0.3, -0.25) is 20.0 Å². The average Bonchev–Trinajstić information content (AvgIpc) is 3.44. The summed E-state index contributed by atoms with van der Waals surface area (Å²) < 4.78 is 4.81. The zero-order chi connectivity index (χ0) is 36.6. The van der Waals surface area contributed by atoms with Crippen molar-refractivity contribution < 1.29 is 24.2 Å². The van der Waals surface area contributed by atoms with Crippen LogP contribution >= 0.6 is 0 Å². The fraction of sp³-hybridized carbons (Fsp3) is 0.350. The number of nitrogens with two attached hydrogens (primary N) is 1. The molecule has 0 aliphatic heterocycles. The Balaban J connectivity index is 1.41. The summed E-state index contributed by atoms with van der Waals surface area (Å²) in [4.78, 5) is 44.5. The van der Waals surface area contributed by atoms with E-state index in [1.807, 2.05) is 112 Å². The number of aliphatic hydroxyl groups excluding tert-OH is 1. The first-order valence-electron chi connectivity index (χ1n) is 17.2. The Bertz CT molecular complexity index is 1780. The molecular weight excluding hydrogens is 644 g/mol. The molecule has 3 amide bonds. The second-order valence-electron chi connectivity index (χ2n) is 14.3. The fourth-order valence-electron chi connectivity index (χ4n) is 6.41. The van der Waals surface area contributed by atoms with Crippen LogP contribution in [0.5, 0.6) is 0 Å². The number of alkyl carbamates (subject to hydrolysis) is 1. The van der Waals surface area contributed by atoms with Gasteiger partial charge in [0.2, 0.25) is 5.91 Å². The van der Waals surface area contributed by atoms with Gasteiger partial charge >= 0.3 is 6.09 Å². The zero-order valence-corrected chi connectivity index (χ0v) is 29.6. The van der Waals surface area contributed by atoms with Crippen LogP contribution in [0.3, 0.4) is 0 Å². The monoisotopic (exact) mass is 692 g/mol. The lowest BCUT2D eigenvalue weighted by Crippen LogP contribution is -2.60. The number of pyridine rings is 1. The molecule has 0 fully saturated rings. The van der Waals surface area contributed by atoms with Gasteiger partial charge in [-0.15, -0.1) is 0 Å². The minimum Gasteiger partial charge on any atom is -0.453 e. The summed E-state index contributed by atoms with van der Waals surface area (Å²) in [6.07, 6.45) is 2.82. The van der Waals surface area contributed by atoms with E-state index >= 15 is 0 Å². The van der Waals surface area contributed by atoms with Crippen LogP contribution in [0.2, 0.25) is 0 Å². The summed E-state index contributed by atoms with van der Waals surface area (Å²) in [5, 5.41) is 18.4. The summed E-state index contributed by atoms with van der Waals surface area (Å²) in [6.45, 7) is 6.01. The number of hydrogen-bond donors (Lipinski definition) is 5. The molecule has 4 atom stereocenters. The number of nitrogens with one attached hydrogen (secondary N) is 3. The minimum atomic E-state index is -1.42. The van der Waals surface area contributed by atoms with Gasteiger partial charge < -0.3 is 26.2 Å². The van der Waals surface area contributed by atoms with Crippen molar-refractivity contribution in [3.8, 4) is 11.1 Å². The number of nitrogens with zero attached hydrogens (tertiary/aromatic N) is 2. The summed E-state index contributed by atoms with van der Waals surface area (Å²) >= 11 is 0. The van der Waals surface area contributed by atoms with Crippen LogP contribution in [0.15, 0.2) is 103 Å². The van der Waals surface area contributed by atoms with Crippen LogP contribution in [-0.2, 0) is 33.7 Å². The van der Waals surface area contributed by atoms with E-state index in [4.69, 9.17) is 10.5 Å². The van der Waals surface area contributed by atoms with Crippen LogP contribution in [0.25, 0.3) is 11.1 Å². The van der Waals surface area contributed by atoms with Crippen molar-refractivity contribution >= 4 is 17.9 Å². The second-order valence-corrected chi connectivity index (χ2v) is 14.3. The second kappa shape index (κ2) is 16.3. The molecule has 1 aromatic heterocycles. The molecular formula is C40H48N6O5. The van der Waals surface area contributed by atoms with Crippen molar-refractivity contribution in [3.63, 3.8) is 0 Å². The predicted octanol–water partition coefficient (Wildman–Crippen LogP) is 4.46. The fourth-order valence-corrected chi connectivity index (χ4v) is 6.41. The third-order valence-electron chi connectivity index (χ3n) is 9.30. The van der Waals surface area contributed by atoms with Gasteiger partial charge in [-0.05, 0) is 57.7 Å². The highest BCUT2D eigenvalue weighted by Crippen LogP contribution is 2.32. The van der Waals surface area contributed by atoms with Gasteiger partial charge in [0.05, 0.1) is 19.3 Å². The number of aromatic nitrogens is 1. The van der Waals surface area contributed by atoms with E-state index in [-0.39, 0.29) is 25.9 Å². The molecule has 0 bridgehead atoms. The number of carbonyl (C=O) groups is 3. The molecule has 0 radical (unpaired) electrons. The molecule has 1 aliphatic carbocycles. The number of aliphatic hydroxyl groups is 1. The molecule has 0 saturated heterocycles. The zero-order valence-electron chi connectivity index (χ0n) is 29.6. The van der Waals surface area contributed by atoms with Crippen molar-refractivity contribution in [3.05, 3.63) is 126 Å². The molecule has 3 aromatic carbocycles. The number of amides is 3. The van der Waals surface area contributed by atoms with Crippen LogP contribution in [0, 0.1) is 5.41 Å². The number of methoxy groups -OCH3 is 1. The van der Waals surface area contributed by atoms with E-state index in [1.165, 1.54) is 7.11 Å². The molecule has 5 rings (SSSR count). The quantitative estimate of drug-likeness (QED) is 0.129. The maximum Gasteiger partial charge on any atom is 0.407 e. The Morgan fingerprint density at radius 1 is 0.941 bits per heavy atom. The molecule has 0 spiro atoms. The predicted molar refractivity (Wildman–Crippen MR) is 196 cm³/mol. The lowest BCUT2D eigenvalue weighted by atomic mass is 9.86. The van der Waals surface area contributed by atoms with Crippen molar-refractivity contribution in [1.29, 1.82) is 0 Å².